The SMILES string of the molecule is CCCN(C(=O)c1cc(Br)c2c(c1)OCO2)C1CCNC1. The molecule has 0 aromatic heterocycles. The average Bonchev–Trinajstić information content (AvgIpc) is 3.14. The maximum atomic E-state index is 12.9. The van der Waals surface area contributed by atoms with Crippen molar-refractivity contribution in [1.82, 2.24) is 10.2 Å². The molecule has 0 spiro atoms. The fourth-order valence-electron chi connectivity index (χ4n) is 2.85. The van der Waals surface area contributed by atoms with Crippen LogP contribution in [0.5, 0.6) is 11.5 Å². The van der Waals surface area contributed by atoms with Gasteiger partial charge in [0.05, 0.1) is 4.47 Å². The highest BCUT2D eigenvalue weighted by molar-refractivity contribution is 9.10. The van der Waals surface area contributed by atoms with Crippen molar-refractivity contribution in [1.29, 1.82) is 0 Å². The summed E-state index contributed by atoms with van der Waals surface area (Å²) in [7, 11) is 0. The van der Waals surface area contributed by atoms with Crippen LogP contribution in [0.4, 0.5) is 0 Å². The number of benzene rings is 1. The minimum Gasteiger partial charge on any atom is -0.454 e. The van der Waals surface area contributed by atoms with Crippen molar-refractivity contribution < 1.29 is 14.3 Å². The van der Waals surface area contributed by atoms with Gasteiger partial charge < -0.3 is 19.7 Å². The Labute approximate surface area is 132 Å². The van der Waals surface area contributed by atoms with E-state index >= 15 is 0 Å². The summed E-state index contributed by atoms with van der Waals surface area (Å²) in [6.45, 7) is 4.92. The number of nitrogens with zero attached hydrogens (tertiary/aromatic N) is 1. The second-order valence-corrected chi connectivity index (χ2v) is 6.19. The molecule has 1 aromatic carbocycles. The van der Waals surface area contributed by atoms with Crippen LogP contribution in [0, 0.1) is 0 Å². The van der Waals surface area contributed by atoms with Gasteiger partial charge in [-0.2, -0.15) is 0 Å². The predicted octanol–water partition coefficient (Wildman–Crippen LogP) is 2.39. The zero-order chi connectivity index (χ0) is 14.8. The molecule has 0 bridgehead atoms. The van der Waals surface area contributed by atoms with E-state index in [1.165, 1.54) is 0 Å². The highest BCUT2D eigenvalue weighted by atomic mass is 79.9. The van der Waals surface area contributed by atoms with Crippen LogP contribution >= 0.6 is 15.9 Å². The van der Waals surface area contributed by atoms with Gasteiger partial charge in [0.1, 0.15) is 0 Å². The Hall–Kier alpha value is -1.27. The van der Waals surface area contributed by atoms with Crippen molar-refractivity contribution in [3.8, 4) is 11.5 Å². The summed E-state index contributed by atoms with van der Waals surface area (Å²) in [5, 5.41) is 3.32. The van der Waals surface area contributed by atoms with Gasteiger partial charge in [0.15, 0.2) is 11.5 Å². The van der Waals surface area contributed by atoms with Crippen LogP contribution in [0.3, 0.4) is 0 Å². The lowest BCUT2D eigenvalue weighted by molar-refractivity contribution is 0.0692. The summed E-state index contributed by atoms with van der Waals surface area (Å²) >= 11 is 3.45. The number of nitrogens with one attached hydrogen (secondary N) is 1. The lowest BCUT2D eigenvalue weighted by Gasteiger charge is -2.28. The summed E-state index contributed by atoms with van der Waals surface area (Å²) in [4.78, 5) is 14.8. The molecule has 1 fully saturated rings. The molecule has 1 N–H and O–H groups in total. The van der Waals surface area contributed by atoms with E-state index in [0.29, 0.717) is 17.1 Å². The first kappa shape index (κ1) is 14.7. The van der Waals surface area contributed by atoms with Gasteiger partial charge in [-0.3, -0.25) is 4.79 Å². The minimum absolute atomic E-state index is 0.0598. The van der Waals surface area contributed by atoms with Gasteiger partial charge in [0, 0.05) is 24.7 Å². The van der Waals surface area contributed by atoms with E-state index in [4.69, 9.17) is 9.47 Å². The van der Waals surface area contributed by atoms with Crippen LogP contribution in [-0.2, 0) is 0 Å². The van der Waals surface area contributed by atoms with Gasteiger partial charge in [-0.25, -0.2) is 0 Å². The van der Waals surface area contributed by atoms with Gasteiger partial charge in [-0.1, -0.05) is 6.92 Å². The Morgan fingerprint density at radius 3 is 3.05 bits per heavy atom. The lowest BCUT2D eigenvalue weighted by atomic mass is 10.1. The van der Waals surface area contributed by atoms with Crippen molar-refractivity contribution in [2.24, 2.45) is 0 Å². The molecule has 114 valence electrons. The molecular weight excluding hydrogens is 336 g/mol. The number of carbonyl (C=O) groups excluding carboxylic acids is 1. The summed E-state index contributed by atoms with van der Waals surface area (Å²) in [6, 6.07) is 3.88. The van der Waals surface area contributed by atoms with Crippen LogP contribution in [0.25, 0.3) is 0 Å². The molecule has 1 aromatic rings. The molecule has 1 unspecified atom stereocenters. The molecule has 2 aliphatic heterocycles. The molecule has 1 amide bonds. The topological polar surface area (TPSA) is 50.8 Å². The van der Waals surface area contributed by atoms with Crippen LogP contribution in [0.2, 0.25) is 0 Å². The Balaban J connectivity index is 1.87. The quantitative estimate of drug-likeness (QED) is 0.901. The van der Waals surface area contributed by atoms with E-state index in [-0.39, 0.29) is 18.7 Å². The Bertz CT molecular complexity index is 544. The molecule has 2 heterocycles. The van der Waals surface area contributed by atoms with E-state index in [9.17, 15) is 4.79 Å². The van der Waals surface area contributed by atoms with E-state index in [2.05, 4.69) is 28.2 Å². The highest BCUT2D eigenvalue weighted by Gasteiger charge is 2.28. The maximum Gasteiger partial charge on any atom is 0.254 e. The maximum absolute atomic E-state index is 12.9. The number of hydrogen-bond acceptors (Lipinski definition) is 4. The molecule has 5 nitrogen and oxygen atoms in total. The van der Waals surface area contributed by atoms with Gasteiger partial charge in [0.2, 0.25) is 6.79 Å². The van der Waals surface area contributed by atoms with Gasteiger partial charge in [0.25, 0.3) is 5.91 Å². The third-order valence-electron chi connectivity index (χ3n) is 3.87. The second kappa shape index (κ2) is 6.23. The molecule has 0 radical (unpaired) electrons. The fraction of sp³-hybridized carbons (Fsp3) is 0.533. The van der Waals surface area contributed by atoms with E-state index in [0.717, 1.165) is 36.9 Å². The molecule has 1 saturated heterocycles. The van der Waals surface area contributed by atoms with Gasteiger partial charge in [-0.15, -0.1) is 0 Å². The first-order valence-corrected chi connectivity index (χ1v) is 8.11. The zero-order valence-electron chi connectivity index (χ0n) is 12.0. The number of halogens is 1. The Morgan fingerprint density at radius 2 is 2.33 bits per heavy atom. The number of amides is 1. The second-order valence-electron chi connectivity index (χ2n) is 5.34. The van der Waals surface area contributed by atoms with Crippen molar-refractivity contribution in [2.75, 3.05) is 26.4 Å². The summed E-state index contributed by atoms with van der Waals surface area (Å²) in [6.07, 6.45) is 1.96. The number of ether oxygens (including phenoxy) is 2. The van der Waals surface area contributed by atoms with E-state index in [1.807, 2.05) is 11.0 Å². The van der Waals surface area contributed by atoms with Gasteiger partial charge in [-0.05, 0) is 47.4 Å². The van der Waals surface area contributed by atoms with Crippen LogP contribution in [-0.4, -0.2) is 43.3 Å². The van der Waals surface area contributed by atoms with Crippen molar-refractivity contribution in [2.45, 2.75) is 25.8 Å². The largest absolute Gasteiger partial charge is 0.454 e. The van der Waals surface area contributed by atoms with Gasteiger partial charge >= 0.3 is 0 Å². The smallest absolute Gasteiger partial charge is 0.254 e. The molecule has 2 aliphatic rings. The fourth-order valence-corrected chi connectivity index (χ4v) is 3.41. The standard InChI is InChI=1S/C15H19BrN2O3/c1-2-5-18(11-3-4-17-8-11)15(19)10-6-12(16)14-13(7-10)20-9-21-14/h6-7,11,17H,2-5,8-9H2,1H3. The third-order valence-corrected chi connectivity index (χ3v) is 4.46. The number of rotatable bonds is 4. The van der Waals surface area contributed by atoms with Crippen molar-refractivity contribution >= 4 is 21.8 Å². The lowest BCUT2D eigenvalue weighted by Crippen LogP contribution is -2.42. The third kappa shape index (κ3) is 2.87. The average molecular weight is 355 g/mol. The Morgan fingerprint density at radius 1 is 1.48 bits per heavy atom. The monoisotopic (exact) mass is 354 g/mol. The molecular formula is C15H19BrN2O3. The number of hydrogen-bond donors (Lipinski definition) is 1. The summed E-state index contributed by atoms with van der Waals surface area (Å²) in [5.41, 5.74) is 0.645. The van der Waals surface area contributed by atoms with E-state index in [1.54, 1.807) is 6.07 Å². The predicted molar refractivity (Wildman–Crippen MR) is 82.9 cm³/mol. The number of fused-ring (bicyclic) bond motifs is 1. The minimum atomic E-state index is 0.0598. The van der Waals surface area contributed by atoms with Crippen LogP contribution in [0.1, 0.15) is 30.1 Å². The highest BCUT2D eigenvalue weighted by Crippen LogP contribution is 2.40. The molecule has 0 aliphatic carbocycles. The molecule has 0 saturated carbocycles. The van der Waals surface area contributed by atoms with E-state index < -0.39 is 0 Å². The van der Waals surface area contributed by atoms with Crippen molar-refractivity contribution in [3.63, 3.8) is 0 Å². The summed E-state index contributed by atoms with van der Waals surface area (Å²) < 4.78 is 11.5. The summed E-state index contributed by atoms with van der Waals surface area (Å²) in [5.74, 6) is 1.37. The Kier molecular flexibility index (Phi) is 4.35. The van der Waals surface area contributed by atoms with Crippen molar-refractivity contribution in [3.05, 3.63) is 22.2 Å². The zero-order valence-corrected chi connectivity index (χ0v) is 13.6. The van der Waals surface area contributed by atoms with Crippen LogP contribution < -0.4 is 14.8 Å². The number of carbonyl (C=O) groups is 1. The first-order chi connectivity index (χ1) is 10.2. The molecule has 6 heteroatoms. The normalized spacial score (nSPS) is 19.8. The molecule has 1 atom stereocenters. The first-order valence-electron chi connectivity index (χ1n) is 7.31. The molecule has 21 heavy (non-hydrogen) atoms. The molecule has 3 rings (SSSR count). The van der Waals surface area contributed by atoms with Crippen LogP contribution in [0.15, 0.2) is 16.6 Å².